The fourth-order valence-corrected chi connectivity index (χ4v) is 1.86. The van der Waals surface area contributed by atoms with Gasteiger partial charge in [0.05, 0.1) is 12.6 Å². The molecule has 5 N–H and O–H groups in total. The van der Waals surface area contributed by atoms with Crippen LogP contribution < -0.4 is 21.5 Å². The summed E-state index contributed by atoms with van der Waals surface area (Å²) in [6.07, 6.45) is -1.15. The predicted octanol–water partition coefficient (Wildman–Crippen LogP) is 2.90. The number of ether oxygens (including phenoxy) is 2. The molecule has 1 heterocycles. The summed E-state index contributed by atoms with van der Waals surface area (Å²) >= 11 is 0. The maximum absolute atomic E-state index is 11.7. The molecule has 2 rings (SSSR count). The second-order valence-electron chi connectivity index (χ2n) is 5.54. The molecule has 0 saturated heterocycles. The zero-order chi connectivity index (χ0) is 19.8. The summed E-state index contributed by atoms with van der Waals surface area (Å²) < 4.78 is 10.1. The van der Waals surface area contributed by atoms with Gasteiger partial charge in [-0.1, -0.05) is 12.1 Å². The number of azo groups is 1. The normalized spacial score (nSPS) is 10.8. The quantitative estimate of drug-likeness (QED) is 0.400. The lowest BCUT2D eigenvalue weighted by Gasteiger charge is -2.09. The molecule has 0 unspecified atom stereocenters. The molecule has 0 aliphatic carbocycles. The van der Waals surface area contributed by atoms with E-state index in [1.54, 1.807) is 38.1 Å². The number of nitrogens with one attached hydrogen (secondary N) is 1. The van der Waals surface area contributed by atoms with Crippen LogP contribution in [0.15, 0.2) is 46.6 Å². The molecule has 0 aliphatic rings. The van der Waals surface area contributed by atoms with Crippen LogP contribution in [-0.4, -0.2) is 29.7 Å². The van der Waals surface area contributed by atoms with Crippen molar-refractivity contribution in [3.8, 4) is 5.75 Å². The van der Waals surface area contributed by atoms with E-state index in [4.69, 9.17) is 20.9 Å². The van der Waals surface area contributed by atoms with Gasteiger partial charge in [0.15, 0.2) is 11.6 Å². The molecule has 1 aromatic carbocycles. The largest absolute Gasteiger partial charge is 0.514 e. The van der Waals surface area contributed by atoms with Crippen molar-refractivity contribution in [1.82, 2.24) is 4.98 Å². The highest BCUT2D eigenvalue weighted by Gasteiger charge is 2.12. The molecule has 0 radical (unpaired) electrons. The van der Waals surface area contributed by atoms with Crippen LogP contribution in [-0.2, 0) is 9.53 Å². The van der Waals surface area contributed by atoms with Crippen LogP contribution in [0.3, 0.4) is 0 Å². The van der Waals surface area contributed by atoms with E-state index in [0.717, 1.165) is 0 Å². The van der Waals surface area contributed by atoms with Crippen molar-refractivity contribution >= 4 is 35.1 Å². The van der Waals surface area contributed by atoms with Gasteiger partial charge >= 0.3 is 6.16 Å². The van der Waals surface area contributed by atoms with Gasteiger partial charge in [0, 0.05) is 0 Å². The number of para-hydroxylation sites is 1. The molecule has 142 valence electrons. The molecular weight excluding hydrogens is 352 g/mol. The van der Waals surface area contributed by atoms with E-state index < -0.39 is 12.1 Å². The first-order valence-corrected chi connectivity index (χ1v) is 8.04. The Morgan fingerprint density at radius 2 is 1.85 bits per heavy atom. The number of hydrogen-bond donors (Lipinski definition) is 3. The van der Waals surface area contributed by atoms with Gasteiger partial charge in [0.2, 0.25) is 5.91 Å². The number of aromatic nitrogens is 1. The van der Waals surface area contributed by atoms with Crippen molar-refractivity contribution in [2.75, 3.05) is 17.6 Å². The molecule has 0 spiro atoms. The molecule has 0 bridgehead atoms. The van der Waals surface area contributed by atoms with Crippen molar-refractivity contribution in [3.05, 3.63) is 36.4 Å². The number of hydrogen-bond acceptors (Lipinski definition) is 9. The van der Waals surface area contributed by atoms with Gasteiger partial charge in [-0.25, -0.2) is 9.78 Å². The number of anilines is 2. The molecule has 1 amide bonds. The number of amides is 1. The Balaban J connectivity index is 2.16. The van der Waals surface area contributed by atoms with Gasteiger partial charge in [-0.2, -0.15) is 0 Å². The van der Waals surface area contributed by atoms with Crippen molar-refractivity contribution in [2.45, 2.75) is 20.0 Å². The standard InChI is InChI=1S/C17H20N6O4/c1-10(2)26-17(25)27-13-6-4-3-5-11(13)22-23-12-7-8-14(21-16(12)19)20-15(24)9-18/h3-8,10H,9,18H2,1-2H3,(H3,19,20,21,24). The van der Waals surface area contributed by atoms with E-state index in [0.29, 0.717) is 5.69 Å². The Hall–Kier alpha value is -3.53. The molecule has 2 aromatic rings. The number of rotatable bonds is 6. The minimum atomic E-state index is -0.839. The molecule has 10 nitrogen and oxygen atoms in total. The fraction of sp³-hybridized carbons (Fsp3) is 0.235. The summed E-state index contributed by atoms with van der Waals surface area (Å²) in [7, 11) is 0. The number of benzene rings is 1. The summed E-state index contributed by atoms with van der Waals surface area (Å²) in [5, 5.41) is 10.5. The van der Waals surface area contributed by atoms with Crippen molar-refractivity contribution in [3.63, 3.8) is 0 Å². The third-order valence-corrected chi connectivity index (χ3v) is 3.01. The molecular formula is C17H20N6O4. The Bertz CT molecular complexity index is 853. The second-order valence-corrected chi connectivity index (χ2v) is 5.54. The summed E-state index contributed by atoms with van der Waals surface area (Å²) in [6, 6.07) is 9.61. The molecule has 0 fully saturated rings. The van der Waals surface area contributed by atoms with Crippen LogP contribution >= 0.6 is 0 Å². The average Bonchev–Trinajstić information content (AvgIpc) is 2.61. The van der Waals surface area contributed by atoms with Crippen molar-refractivity contribution in [2.24, 2.45) is 16.0 Å². The Morgan fingerprint density at radius 3 is 2.52 bits per heavy atom. The number of carbonyl (C=O) groups excluding carboxylic acids is 2. The monoisotopic (exact) mass is 372 g/mol. The smallest absolute Gasteiger partial charge is 0.431 e. The Labute approximate surface area is 155 Å². The zero-order valence-electron chi connectivity index (χ0n) is 14.9. The zero-order valence-corrected chi connectivity index (χ0v) is 14.9. The SMILES string of the molecule is CC(C)OC(=O)Oc1ccccc1N=Nc1ccc(NC(=O)CN)nc1N. The maximum atomic E-state index is 11.7. The highest BCUT2D eigenvalue weighted by molar-refractivity contribution is 5.91. The summed E-state index contributed by atoms with van der Waals surface area (Å²) in [6.45, 7) is 3.25. The minimum absolute atomic E-state index is 0.0613. The van der Waals surface area contributed by atoms with Crippen LogP contribution in [0.4, 0.5) is 27.8 Å². The molecule has 0 aliphatic heterocycles. The number of nitrogens with zero attached hydrogens (tertiary/aromatic N) is 3. The van der Waals surface area contributed by atoms with Gasteiger partial charge in [-0.3, -0.25) is 4.79 Å². The summed E-state index contributed by atoms with van der Waals surface area (Å²) in [5.74, 6) is 0.106. The van der Waals surface area contributed by atoms with Gasteiger partial charge in [-0.15, -0.1) is 10.2 Å². The molecule has 27 heavy (non-hydrogen) atoms. The summed E-state index contributed by atoms with van der Waals surface area (Å²) in [5.41, 5.74) is 11.6. The van der Waals surface area contributed by atoms with E-state index in [1.165, 1.54) is 12.1 Å². The van der Waals surface area contributed by atoms with Crippen molar-refractivity contribution < 1.29 is 19.1 Å². The summed E-state index contributed by atoms with van der Waals surface area (Å²) in [4.78, 5) is 26.9. The third kappa shape index (κ3) is 6.04. The second kappa shape index (κ2) is 9.25. The van der Waals surface area contributed by atoms with E-state index in [1.807, 2.05) is 0 Å². The third-order valence-electron chi connectivity index (χ3n) is 3.01. The maximum Gasteiger partial charge on any atom is 0.514 e. The van der Waals surface area contributed by atoms with Crippen LogP contribution in [0.5, 0.6) is 5.75 Å². The lowest BCUT2D eigenvalue weighted by Crippen LogP contribution is -2.22. The van der Waals surface area contributed by atoms with E-state index in [2.05, 4.69) is 20.5 Å². The Kier molecular flexibility index (Phi) is 6.78. The van der Waals surface area contributed by atoms with Gasteiger partial charge in [0.1, 0.15) is 17.2 Å². The number of pyridine rings is 1. The van der Waals surface area contributed by atoms with E-state index >= 15 is 0 Å². The molecule has 0 atom stereocenters. The number of nitrogens with two attached hydrogens (primary N) is 2. The highest BCUT2D eigenvalue weighted by atomic mass is 16.7. The van der Waals surface area contributed by atoms with Crippen molar-refractivity contribution in [1.29, 1.82) is 0 Å². The topological polar surface area (TPSA) is 154 Å². The lowest BCUT2D eigenvalue weighted by atomic mass is 10.3. The predicted molar refractivity (Wildman–Crippen MR) is 99.2 cm³/mol. The van der Waals surface area contributed by atoms with Gasteiger partial charge in [-0.05, 0) is 38.1 Å². The minimum Gasteiger partial charge on any atom is -0.431 e. The first kappa shape index (κ1) is 19.8. The highest BCUT2D eigenvalue weighted by Crippen LogP contribution is 2.30. The number of nitrogen functional groups attached to an aromatic ring is 1. The van der Waals surface area contributed by atoms with Gasteiger partial charge < -0.3 is 26.3 Å². The van der Waals surface area contributed by atoms with E-state index in [9.17, 15) is 9.59 Å². The van der Waals surface area contributed by atoms with E-state index in [-0.39, 0.29) is 35.7 Å². The van der Waals surface area contributed by atoms with Crippen LogP contribution in [0.25, 0.3) is 0 Å². The first-order chi connectivity index (χ1) is 12.9. The van der Waals surface area contributed by atoms with Gasteiger partial charge in [0.25, 0.3) is 0 Å². The Morgan fingerprint density at radius 1 is 1.15 bits per heavy atom. The van der Waals surface area contributed by atoms with Crippen LogP contribution in [0.2, 0.25) is 0 Å². The fourth-order valence-electron chi connectivity index (χ4n) is 1.86. The molecule has 1 aromatic heterocycles. The number of carbonyl (C=O) groups is 2. The molecule has 0 saturated carbocycles. The van der Waals surface area contributed by atoms with Crippen LogP contribution in [0, 0.1) is 0 Å². The molecule has 10 heteroatoms. The lowest BCUT2D eigenvalue weighted by molar-refractivity contribution is -0.114. The van der Waals surface area contributed by atoms with Crippen LogP contribution in [0.1, 0.15) is 13.8 Å². The average molecular weight is 372 g/mol. The first-order valence-electron chi connectivity index (χ1n) is 8.04.